The molecule has 0 saturated heterocycles. The lowest BCUT2D eigenvalue weighted by Gasteiger charge is -2.20. The lowest BCUT2D eigenvalue weighted by atomic mass is 10.2. The Bertz CT molecular complexity index is 323. The van der Waals surface area contributed by atoms with Crippen LogP contribution in [-0.4, -0.2) is 46.5 Å². The molecule has 0 aliphatic carbocycles. The zero-order valence-corrected chi connectivity index (χ0v) is 10.9. The van der Waals surface area contributed by atoms with Crippen molar-refractivity contribution in [1.82, 2.24) is 19.8 Å². The highest BCUT2D eigenvalue weighted by Gasteiger charge is 2.14. The summed E-state index contributed by atoms with van der Waals surface area (Å²) in [5.41, 5.74) is 0. The molecule has 17 heavy (non-hydrogen) atoms. The molecule has 1 amide bonds. The van der Waals surface area contributed by atoms with Crippen LogP contribution in [0.5, 0.6) is 0 Å². The van der Waals surface area contributed by atoms with Gasteiger partial charge in [0, 0.05) is 32.5 Å². The van der Waals surface area contributed by atoms with Crippen LogP contribution in [0.4, 0.5) is 0 Å². The third-order valence-corrected chi connectivity index (χ3v) is 2.82. The smallest absolute Gasteiger partial charge is 0.239 e. The number of hydrogen-bond donors (Lipinski definition) is 1. The quantitative estimate of drug-likeness (QED) is 0.712. The maximum Gasteiger partial charge on any atom is 0.239 e. The van der Waals surface area contributed by atoms with E-state index in [1.165, 1.54) is 0 Å². The molecular weight excluding hydrogens is 216 g/mol. The van der Waals surface area contributed by atoms with Crippen LogP contribution in [0, 0.1) is 0 Å². The maximum absolute atomic E-state index is 11.7. The maximum atomic E-state index is 11.7. The van der Waals surface area contributed by atoms with Crippen LogP contribution >= 0.6 is 0 Å². The molecule has 1 aromatic rings. The first kappa shape index (κ1) is 13.7. The largest absolute Gasteiger partial charge is 0.345 e. The molecule has 0 bridgehead atoms. The molecule has 5 nitrogen and oxygen atoms in total. The van der Waals surface area contributed by atoms with Gasteiger partial charge in [-0.15, -0.1) is 0 Å². The first-order chi connectivity index (χ1) is 8.15. The average molecular weight is 238 g/mol. The van der Waals surface area contributed by atoms with Gasteiger partial charge in [-0.3, -0.25) is 4.79 Å². The number of carbonyl (C=O) groups is 1. The summed E-state index contributed by atoms with van der Waals surface area (Å²) in [6.07, 6.45) is 6.51. The Morgan fingerprint density at radius 1 is 1.59 bits per heavy atom. The molecule has 1 heterocycles. The second kappa shape index (κ2) is 7.06. The first-order valence-electron chi connectivity index (χ1n) is 6.09. The molecule has 0 aliphatic heterocycles. The van der Waals surface area contributed by atoms with Gasteiger partial charge in [-0.1, -0.05) is 0 Å². The summed E-state index contributed by atoms with van der Waals surface area (Å²) in [6, 6.07) is -0.109. The number of rotatable bonds is 7. The Labute approximate surface area is 103 Å². The summed E-state index contributed by atoms with van der Waals surface area (Å²) in [5, 5.41) is 3.24. The second-order valence-electron chi connectivity index (χ2n) is 4.18. The van der Waals surface area contributed by atoms with Crippen LogP contribution in [-0.2, 0) is 11.3 Å². The fraction of sp³-hybridized carbons (Fsp3) is 0.667. The van der Waals surface area contributed by atoms with E-state index in [0.717, 1.165) is 26.1 Å². The molecule has 1 N–H and O–H groups in total. The third kappa shape index (κ3) is 4.56. The van der Waals surface area contributed by atoms with Crippen LogP contribution in [0.3, 0.4) is 0 Å². The van der Waals surface area contributed by atoms with Crippen molar-refractivity contribution in [3.8, 4) is 0 Å². The summed E-state index contributed by atoms with van der Waals surface area (Å²) in [6.45, 7) is 6.40. The number of hydrogen-bond acceptors (Lipinski definition) is 3. The number of imidazole rings is 1. The van der Waals surface area contributed by atoms with Crippen molar-refractivity contribution in [1.29, 1.82) is 0 Å². The van der Waals surface area contributed by atoms with Gasteiger partial charge in [0.2, 0.25) is 5.91 Å². The topological polar surface area (TPSA) is 50.2 Å². The number of carbonyl (C=O) groups excluding carboxylic acids is 1. The van der Waals surface area contributed by atoms with Crippen molar-refractivity contribution in [2.75, 3.05) is 20.1 Å². The molecule has 0 aromatic carbocycles. The molecule has 1 unspecified atom stereocenters. The van der Waals surface area contributed by atoms with Gasteiger partial charge < -0.3 is 14.8 Å². The molecule has 0 radical (unpaired) electrons. The standard InChI is InChI=1S/C12H22N4O/c1-4-15(3)12(17)11(2)14-6-5-8-16-9-7-13-10-16/h7,9-11,14H,4-6,8H2,1-3H3. The number of aromatic nitrogens is 2. The number of amides is 1. The molecule has 1 atom stereocenters. The molecule has 5 heteroatoms. The summed E-state index contributed by atoms with van der Waals surface area (Å²) >= 11 is 0. The second-order valence-corrected chi connectivity index (χ2v) is 4.18. The Morgan fingerprint density at radius 2 is 2.35 bits per heavy atom. The minimum absolute atomic E-state index is 0.109. The fourth-order valence-electron chi connectivity index (χ4n) is 1.57. The average Bonchev–Trinajstić information content (AvgIpc) is 2.85. The highest BCUT2D eigenvalue weighted by Crippen LogP contribution is 1.93. The van der Waals surface area contributed by atoms with Crippen LogP contribution in [0.25, 0.3) is 0 Å². The molecule has 0 aliphatic rings. The molecule has 0 spiro atoms. The zero-order valence-electron chi connectivity index (χ0n) is 10.9. The van der Waals surface area contributed by atoms with Gasteiger partial charge in [-0.25, -0.2) is 4.98 Å². The van der Waals surface area contributed by atoms with Gasteiger partial charge in [0.15, 0.2) is 0 Å². The van der Waals surface area contributed by atoms with Crippen molar-refractivity contribution in [2.24, 2.45) is 0 Å². The minimum Gasteiger partial charge on any atom is -0.345 e. The zero-order chi connectivity index (χ0) is 12.7. The molecule has 1 rings (SSSR count). The molecule has 96 valence electrons. The van der Waals surface area contributed by atoms with E-state index in [2.05, 4.69) is 10.3 Å². The van der Waals surface area contributed by atoms with E-state index in [-0.39, 0.29) is 11.9 Å². The molecule has 1 aromatic heterocycles. The lowest BCUT2D eigenvalue weighted by Crippen LogP contribution is -2.43. The van der Waals surface area contributed by atoms with Crippen LogP contribution in [0.1, 0.15) is 20.3 Å². The van der Waals surface area contributed by atoms with Crippen LogP contribution in [0.15, 0.2) is 18.7 Å². The molecule has 0 saturated carbocycles. The third-order valence-electron chi connectivity index (χ3n) is 2.82. The Balaban J connectivity index is 2.15. The summed E-state index contributed by atoms with van der Waals surface area (Å²) < 4.78 is 2.03. The van der Waals surface area contributed by atoms with E-state index < -0.39 is 0 Å². The molecular formula is C12H22N4O. The monoisotopic (exact) mass is 238 g/mol. The predicted molar refractivity (Wildman–Crippen MR) is 67.6 cm³/mol. The fourth-order valence-corrected chi connectivity index (χ4v) is 1.57. The van der Waals surface area contributed by atoms with Gasteiger partial charge >= 0.3 is 0 Å². The number of nitrogens with one attached hydrogen (secondary N) is 1. The summed E-state index contributed by atoms with van der Waals surface area (Å²) in [7, 11) is 1.83. The predicted octanol–water partition coefficient (Wildman–Crippen LogP) is 0.730. The van der Waals surface area contributed by atoms with Crippen LogP contribution in [0.2, 0.25) is 0 Å². The van der Waals surface area contributed by atoms with Crippen molar-refractivity contribution in [3.63, 3.8) is 0 Å². The number of nitrogens with zero attached hydrogens (tertiary/aromatic N) is 3. The van der Waals surface area contributed by atoms with Crippen molar-refractivity contribution in [2.45, 2.75) is 32.9 Å². The molecule has 0 fully saturated rings. The Hall–Kier alpha value is -1.36. The number of aryl methyl sites for hydroxylation is 1. The Morgan fingerprint density at radius 3 is 2.94 bits per heavy atom. The van der Waals surface area contributed by atoms with E-state index >= 15 is 0 Å². The van der Waals surface area contributed by atoms with E-state index in [1.807, 2.05) is 31.7 Å². The van der Waals surface area contributed by atoms with E-state index in [0.29, 0.717) is 0 Å². The minimum atomic E-state index is -0.109. The SMILES string of the molecule is CCN(C)C(=O)C(C)NCCCn1ccnc1. The van der Waals surface area contributed by atoms with E-state index in [1.54, 1.807) is 17.4 Å². The van der Waals surface area contributed by atoms with Crippen molar-refractivity contribution >= 4 is 5.91 Å². The van der Waals surface area contributed by atoms with Gasteiger partial charge in [-0.05, 0) is 26.8 Å². The van der Waals surface area contributed by atoms with Gasteiger partial charge in [0.1, 0.15) is 0 Å². The normalized spacial score (nSPS) is 12.4. The van der Waals surface area contributed by atoms with Crippen molar-refractivity contribution < 1.29 is 4.79 Å². The highest BCUT2D eigenvalue weighted by molar-refractivity contribution is 5.81. The van der Waals surface area contributed by atoms with Gasteiger partial charge in [0.05, 0.1) is 12.4 Å². The van der Waals surface area contributed by atoms with E-state index in [9.17, 15) is 4.79 Å². The van der Waals surface area contributed by atoms with Crippen molar-refractivity contribution in [3.05, 3.63) is 18.7 Å². The lowest BCUT2D eigenvalue weighted by molar-refractivity contribution is -0.131. The Kier molecular flexibility index (Phi) is 5.69. The van der Waals surface area contributed by atoms with Gasteiger partial charge in [0.25, 0.3) is 0 Å². The van der Waals surface area contributed by atoms with Gasteiger partial charge in [-0.2, -0.15) is 0 Å². The first-order valence-corrected chi connectivity index (χ1v) is 6.09. The highest BCUT2D eigenvalue weighted by atomic mass is 16.2. The number of likely N-dealkylation sites (N-methyl/N-ethyl adjacent to an activating group) is 1. The van der Waals surface area contributed by atoms with E-state index in [4.69, 9.17) is 0 Å². The summed E-state index contributed by atoms with van der Waals surface area (Å²) in [4.78, 5) is 17.5. The summed E-state index contributed by atoms with van der Waals surface area (Å²) in [5.74, 6) is 0.148. The van der Waals surface area contributed by atoms with Crippen LogP contribution < -0.4 is 5.32 Å².